The summed E-state index contributed by atoms with van der Waals surface area (Å²) in [7, 11) is 3.36. The molecule has 4 rings (SSSR count). The first-order valence-corrected chi connectivity index (χ1v) is 12.1. The SMILES string of the molecule is CCCCCc1c(C)c2c(c(C)c1B1Nc3ccccc3C(=O)N1C)CC(C)(C(=O)OC)C2. The molecule has 0 aromatic heterocycles. The van der Waals surface area contributed by atoms with Gasteiger partial charge in [-0.1, -0.05) is 31.9 Å². The van der Waals surface area contributed by atoms with Crippen molar-refractivity contribution in [1.29, 1.82) is 0 Å². The fourth-order valence-corrected chi connectivity index (χ4v) is 5.79. The molecule has 2 aromatic rings. The van der Waals surface area contributed by atoms with Crippen LogP contribution in [0.1, 0.15) is 71.3 Å². The molecule has 0 saturated carbocycles. The van der Waals surface area contributed by atoms with Crippen LogP contribution >= 0.6 is 0 Å². The van der Waals surface area contributed by atoms with Crippen LogP contribution in [0.4, 0.5) is 5.69 Å². The Balaban J connectivity index is 1.86. The molecule has 33 heavy (non-hydrogen) atoms. The van der Waals surface area contributed by atoms with Crippen molar-refractivity contribution in [2.45, 2.75) is 66.2 Å². The van der Waals surface area contributed by atoms with Gasteiger partial charge in [-0.3, -0.25) is 9.59 Å². The average Bonchev–Trinajstić information content (AvgIpc) is 3.19. The lowest BCUT2D eigenvalue weighted by atomic mass is 9.58. The van der Waals surface area contributed by atoms with Crippen LogP contribution in [-0.2, 0) is 28.8 Å². The van der Waals surface area contributed by atoms with E-state index in [-0.39, 0.29) is 18.9 Å². The summed E-state index contributed by atoms with van der Waals surface area (Å²) in [4.78, 5) is 27.7. The van der Waals surface area contributed by atoms with E-state index >= 15 is 0 Å². The van der Waals surface area contributed by atoms with Gasteiger partial charge in [-0.05, 0) is 98.9 Å². The third-order valence-electron chi connectivity index (χ3n) is 7.72. The highest BCUT2D eigenvalue weighted by Crippen LogP contribution is 2.42. The minimum absolute atomic E-state index is 0.0332. The number of amides is 1. The molecular weight excluding hydrogens is 411 g/mol. The normalized spacial score (nSPS) is 19.3. The average molecular weight is 446 g/mol. The number of nitrogens with one attached hydrogen (secondary N) is 1. The van der Waals surface area contributed by atoms with E-state index in [1.165, 1.54) is 46.8 Å². The van der Waals surface area contributed by atoms with Gasteiger partial charge in [-0.25, -0.2) is 0 Å². The Labute approximate surface area is 198 Å². The molecule has 1 unspecified atom stereocenters. The second kappa shape index (κ2) is 8.88. The van der Waals surface area contributed by atoms with E-state index in [0.717, 1.165) is 24.9 Å². The van der Waals surface area contributed by atoms with Gasteiger partial charge in [0.2, 0.25) is 5.91 Å². The maximum Gasteiger partial charge on any atom is 0.411 e. The highest BCUT2D eigenvalue weighted by molar-refractivity contribution is 6.77. The number of methoxy groups -OCH3 is 1. The number of benzene rings is 2. The van der Waals surface area contributed by atoms with E-state index in [1.54, 1.807) is 0 Å². The molecule has 1 N–H and O–H groups in total. The summed E-state index contributed by atoms with van der Waals surface area (Å²) in [6.45, 7) is 8.36. The van der Waals surface area contributed by atoms with Gasteiger partial charge in [0, 0.05) is 5.69 Å². The fraction of sp³-hybridized carbons (Fsp3) is 0.481. The van der Waals surface area contributed by atoms with Gasteiger partial charge in [0.05, 0.1) is 18.1 Å². The van der Waals surface area contributed by atoms with Crippen LogP contribution in [0, 0.1) is 19.3 Å². The predicted molar refractivity (Wildman–Crippen MR) is 134 cm³/mol. The summed E-state index contributed by atoms with van der Waals surface area (Å²) in [6, 6.07) is 7.73. The van der Waals surface area contributed by atoms with Gasteiger partial charge >= 0.3 is 13.0 Å². The zero-order chi connectivity index (χ0) is 23.9. The lowest BCUT2D eigenvalue weighted by molar-refractivity contribution is -0.151. The number of fused-ring (bicyclic) bond motifs is 2. The summed E-state index contributed by atoms with van der Waals surface area (Å²) in [5.74, 6) is -0.116. The molecule has 6 heteroatoms. The van der Waals surface area contributed by atoms with Crippen LogP contribution < -0.4 is 10.7 Å². The van der Waals surface area contributed by atoms with Gasteiger partial charge < -0.3 is 14.8 Å². The van der Waals surface area contributed by atoms with Crippen LogP contribution in [0.2, 0.25) is 0 Å². The summed E-state index contributed by atoms with van der Waals surface area (Å²) < 4.78 is 5.17. The number of hydrogen-bond donors (Lipinski definition) is 1. The third-order valence-corrected chi connectivity index (χ3v) is 7.72. The minimum atomic E-state index is -0.541. The molecule has 5 nitrogen and oxygen atoms in total. The largest absolute Gasteiger partial charge is 0.469 e. The molecule has 174 valence electrons. The molecule has 1 aliphatic heterocycles. The first-order valence-electron chi connectivity index (χ1n) is 12.1. The highest BCUT2D eigenvalue weighted by Gasteiger charge is 2.45. The molecule has 1 heterocycles. The van der Waals surface area contributed by atoms with E-state index < -0.39 is 5.41 Å². The number of ether oxygens (including phenoxy) is 1. The monoisotopic (exact) mass is 446 g/mol. The molecule has 1 atom stereocenters. The lowest BCUT2D eigenvalue weighted by Crippen LogP contribution is -2.59. The molecule has 0 spiro atoms. The number of carbonyl (C=O) groups excluding carboxylic acids is 2. The van der Waals surface area contributed by atoms with Crippen molar-refractivity contribution in [2.24, 2.45) is 5.41 Å². The van der Waals surface area contributed by atoms with Gasteiger partial charge in [-0.15, -0.1) is 0 Å². The maximum atomic E-state index is 13.3. The molecule has 0 fully saturated rings. The first-order chi connectivity index (χ1) is 15.7. The Kier molecular flexibility index (Phi) is 6.30. The Bertz CT molecular complexity index is 1110. The number of hydrogen-bond acceptors (Lipinski definition) is 4. The topological polar surface area (TPSA) is 58.6 Å². The summed E-state index contributed by atoms with van der Waals surface area (Å²) in [5, 5.41) is 3.65. The summed E-state index contributed by atoms with van der Waals surface area (Å²) >= 11 is 0. The van der Waals surface area contributed by atoms with Crippen LogP contribution in [0.3, 0.4) is 0 Å². The predicted octanol–water partition coefficient (Wildman–Crippen LogP) is 4.21. The number of para-hydroxylation sites is 1. The zero-order valence-corrected chi connectivity index (χ0v) is 20.8. The van der Waals surface area contributed by atoms with Crippen molar-refractivity contribution in [3.8, 4) is 0 Å². The number of unbranched alkanes of at least 4 members (excludes halogenated alkanes) is 2. The molecule has 2 aliphatic rings. The van der Waals surface area contributed by atoms with Gasteiger partial charge in [0.25, 0.3) is 0 Å². The molecule has 1 amide bonds. The Morgan fingerprint density at radius 1 is 1.15 bits per heavy atom. The molecule has 0 radical (unpaired) electrons. The second-order valence-corrected chi connectivity index (χ2v) is 9.97. The van der Waals surface area contributed by atoms with Crippen molar-refractivity contribution >= 4 is 30.0 Å². The minimum Gasteiger partial charge on any atom is -0.469 e. The Morgan fingerprint density at radius 2 is 1.82 bits per heavy atom. The van der Waals surface area contributed by atoms with E-state index in [4.69, 9.17) is 4.74 Å². The highest BCUT2D eigenvalue weighted by atomic mass is 16.5. The van der Waals surface area contributed by atoms with Crippen LogP contribution in [0.5, 0.6) is 0 Å². The van der Waals surface area contributed by atoms with Crippen molar-refractivity contribution in [3.05, 3.63) is 57.6 Å². The molecule has 1 aliphatic carbocycles. The number of esters is 1. The number of nitrogens with zero attached hydrogens (tertiary/aromatic N) is 1. The van der Waals surface area contributed by atoms with E-state index in [9.17, 15) is 9.59 Å². The Morgan fingerprint density at radius 3 is 2.48 bits per heavy atom. The smallest absolute Gasteiger partial charge is 0.411 e. The van der Waals surface area contributed by atoms with Crippen molar-refractivity contribution in [1.82, 2.24) is 4.81 Å². The van der Waals surface area contributed by atoms with E-state index in [0.29, 0.717) is 18.4 Å². The maximum absolute atomic E-state index is 13.3. The number of anilines is 1. The second-order valence-electron chi connectivity index (χ2n) is 9.97. The van der Waals surface area contributed by atoms with Crippen molar-refractivity contribution in [3.63, 3.8) is 0 Å². The van der Waals surface area contributed by atoms with Gasteiger partial charge in [-0.2, -0.15) is 0 Å². The van der Waals surface area contributed by atoms with Gasteiger partial charge in [0.1, 0.15) is 0 Å². The third kappa shape index (κ3) is 3.83. The van der Waals surface area contributed by atoms with E-state index in [1.807, 2.05) is 43.0 Å². The summed E-state index contributed by atoms with van der Waals surface area (Å²) in [5.41, 5.74) is 8.58. The fourth-order valence-electron chi connectivity index (χ4n) is 5.79. The quantitative estimate of drug-likeness (QED) is 0.411. The summed E-state index contributed by atoms with van der Waals surface area (Å²) in [6.07, 6.45) is 5.79. The standard InChI is InChI=1S/C27H35BN2O3/c1-7-8-9-12-19-17(2)21-15-27(4,26(32)33-6)16-22(21)18(3)24(19)28-29-23-14-11-10-13-20(23)25(31)30(28)5/h10-11,13-14,29H,7-9,12,15-16H2,1-6H3. The Hall–Kier alpha value is -2.76. The van der Waals surface area contributed by atoms with E-state index in [2.05, 4.69) is 26.0 Å². The van der Waals surface area contributed by atoms with Crippen LogP contribution in [0.15, 0.2) is 24.3 Å². The molecule has 2 aromatic carbocycles. The van der Waals surface area contributed by atoms with Crippen LogP contribution in [0.25, 0.3) is 0 Å². The van der Waals surface area contributed by atoms with Crippen molar-refractivity contribution in [2.75, 3.05) is 19.4 Å². The zero-order valence-electron chi connectivity index (χ0n) is 20.8. The van der Waals surface area contributed by atoms with Crippen molar-refractivity contribution < 1.29 is 14.3 Å². The molecule has 0 saturated heterocycles. The number of carbonyl (C=O) groups is 2. The van der Waals surface area contributed by atoms with Crippen LogP contribution in [-0.4, -0.2) is 37.8 Å². The van der Waals surface area contributed by atoms with Gasteiger partial charge in [0.15, 0.2) is 0 Å². The number of rotatable bonds is 6. The first kappa shape index (κ1) is 23.4. The molecular formula is C27H35BN2O3. The molecule has 0 bridgehead atoms. The lowest BCUT2D eigenvalue weighted by Gasteiger charge is -2.35.